The molecule has 1 aliphatic heterocycles. The monoisotopic (exact) mass is 378 g/mol. The van der Waals surface area contributed by atoms with E-state index in [2.05, 4.69) is 27.1 Å². The molecule has 1 saturated heterocycles. The number of carbonyl (C=O) groups is 1. The second-order valence-corrected chi connectivity index (χ2v) is 6.93. The van der Waals surface area contributed by atoms with Crippen LogP contribution < -0.4 is 10.2 Å². The van der Waals surface area contributed by atoms with Crippen LogP contribution in [0.25, 0.3) is 0 Å². The van der Waals surface area contributed by atoms with Crippen LogP contribution in [0.1, 0.15) is 43.1 Å². The summed E-state index contributed by atoms with van der Waals surface area (Å²) in [5, 5.41) is 3.62. The Morgan fingerprint density at radius 3 is 2.80 bits per heavy atom. The quantitative estimate of drug-likeness (QED) is 0.829. The fourth-order valence-corrected chi connectivity index (χ4v) is 3.55. The molecule has 1 aromatic carbocycles. The van der Waals surface area contributed by atoms with E-state index in [-0.39, 0.29) is 11.6 Å². The van der Waals surface area contributed by atoms with Gasteiger partial charge in [0.1, 0.15) is 11.5 Å². The van der Waals surface area contributed by atoms with Gasteiger partial charge in [-0.25, -0.2) is 9.97 Å². The van der Waals surface area contributed by atoms with Gasteiger partial charge in [-0.3, -0.25) is 4.79 Å². The molecule has 25 heavy (non-hydrogen) atoms. The van der Waals surface area contributed by atoms with Crippen LogP contribution in [-0.2, 0) is 0 Å². The third-order valence-electron chi connectivity index (χ3n) is 4.44. The van der Waals surface area contributed by atoms with E-state index in [0.717, 1.165) is 25.2 Å². The number of hydrogen-bond acceptors (Lipinski definition) is 4. The first-order valence-corrected chi connectivity index (χ1v) is 9.19. The number of rotatable bonds is 4. The summed E-state index contributed by atoms with van der Waals surface area (Å²) in [6, 6.07) is 5.40. The predicted octanol–water partition coefficient (Wildman–Crippen LogP) is 4.80. The highest BCUT2D eigenvalue weighted by molar-refractivity contribution is 6.36. The van der Waals surface area contributed by atoms with Crippen molar-refractivity contribution in [2.24, 2.45) is 0 Å². The second kappa shape index (κ2) is 8.02. The normalized spacial score (nSPS) is 17.4. The smallest absolute Gasteiger partial charge is 0.275 e. The zero-order valence-corrected chi connectivity index (χ0v) is 15.5. The molecular weight excluding hydrogens is 359 g/mol. The zero-order valence-electron chi connectivity index (χ0n) is 14.0. The summed E-state index contributed by atoms with van der Waals surface area (Å²) in [6.07, 6.45) is 7.86. The number of nitrogens with one attached hydrogen (secondary N) is 1. The Kier molecular flexibility index (Phi) is 5.76. The SMILES string of the molecule is CCC1CCCCN1c1cnc(C(=O)Nc2ccc(Cl)cc2Cl)cn1. The number of aromatic nitrogens is 2. The van der Waals surface area contributed by atoms with Gasteiger partial charge in [-0.05, 0) is 43.9 Å². The van der Waals surface area contributed by atoms with Crippen LogP contribution in [0.15, 0.2) is 30.6 Å². The Balaban J connectivity index is 1.72. The summed E-state index contributed by atoms with van der Waals surface area (Å²) >= 11 is 11.9. The molecule has 0 spiro atoms. The van der Waals surface area contributed by atoms with E-state index < -0.39 is 0 Å². The highest BCUT2D eigenvalue weighted by atomic mass is 35.5. The van der Waals surface area contributed by atoms with Gasteiger partial charge in [-0.2, -0.15) is 0 Å². The van der Waals surface area contributed by atoms with Crippen LogP contribution in [0.4, 0.5) is 11.5 Å². The van der Waals surface area contributed by atoms with Gasteiger partial charge >= 0.3 is 0 Å². The Labute approximate surface area is 157 Å². The highest BCUT2D eigenvalue weighted by Crippen LogP contribution is 2.26. The zero-order chi connectivity index (χ0) is 17.8. The summed E-state index contributed by atoms with van der Waals surface area (Å²) in [7, 11) is 0. The molecule has 0 bridgehead atoms. The lowest BCUT2D eigenvalue weighted by atomic mass is 10.0. The molecule has 1 unspecified atom stereocenters. The third-order valence-corrected chi connectivity index (χ3v) is 4.99. The van der Waals surface area contributed by atoms with Crippen molar-refractivity contribution in [3.8, 4) is 0 Å². The van der Waals surface area contributed by atoms with Crippen molar-refractivity contribution < 1.29 is 4.79 Å². The molecule has 2 heterocycles. The van der Waals surface area contributed by atoms with Crippen molar-refractivity contribution in [1.82, 2.24) is 9.97 Å². The molecule has 0 aliphatic carbocycles. The number of hydrogen-bond donors (Lipinski definition) is 1. The summed E-state index contributed by atoms with van der Waals surface area (Å²) in [5.41, 5.74) is 0.740. The molecule has 0 saturated carbocycles. The number of piperidine rings is 1. The minimum atomic E-state index is -0.353. The van der Waals surface area contributed by atoms with Gasteiger partial charge in [0, 0.05) is 17.6 Å². The summed E-state index contributed by atoms with van der Waals surface area (Å²) in [5.74, 6) is 0.474. The van der Waals surface area contributed by atoms with Crippen molar-refractivity contribution in [1.29, 1.82) is 0 Å². The lowest BCUT2D eigenvalue weighted by Crippen LogP contribution is -2.39. The van der Waals surface area contributed by atoms with E-state index >= 15 is 0 Å². The number of benzene rings is 1. The largest absolute Gasteiger partial charge is 0.352 e. The van der Waals surface area contributed by atoms with E-state index in [1.54, 1.807) is 24.4 Å². The maximum atomic E-state index is 12.3. The van der Waals surface area contributed by atoms with Gasteiger partial charge in [0.05, 0.1) is 23.1 Å². The molecular formula is C18H20Cl2N4O. The van der Waals surface area contributed by atoms with Crippen molar-refractivity contribution in [2.75, 3.05) is 16.8 Å². The van der Waals surface area contributed by atoms with Crippen molar-refractivity contribution in [2.45, 2.75) is 38.6 Å². The van der Waals surface area contributed by atoms with Crippen molar-refractivity contribution >= 4 is 40.6 Å². The Morgan fingerprint density at radius 1 is 1.28 bits per heavy atom. The Bertz CT molecular complexity index is 751. The fourth-order valence-electron chi connectivity index (χ4n) is 3.09. The van der Waals surface area contributed by atoms with E-state index in [1.165, 1.54) is 19.0 Å². The predicted molar refractivity (Wildman–Crippen MR) is 102 cm³/mol. The Hall–Kier alpha value is -1.85. The molecule has 5 nitrogen and oxygen atoms in total. The van der Waals surface area contributed by atoms with Gasteiger partial charge in [0.15, 0.2) is 0 Å². The molecule has 7 heteroatoms. The van der Waals surface area contributed by atoms with Gasteiger partial charge in [0.2, 0.25) is 0 Å². The van der Waals surface area contributed by atoms with Crippen LogP contribution in [0.2, 0.25) is 10.0 Å². The number of anilines is 2. The number of carbonyl (C=O) groups excluding carboxylic acids is 1. The fraction of sp³-hybridized carbons (Fsp3) is 0.389. The molecule has 0 radical (unpaired) electrons. The summed E-state index contributed by atoms with van der Waals surface area (Å²) in [6.45, 7) is 3.17. The van der Waals surface area contributed by atoms with E-state index in [0.29, 0.717) is 21.8 Å². The minimum Gasteiger partial charge on any atom is -0.352 e. The summed E-state index contributed by atoms with van der Waals surface area (Å²) < 4.78 is 0. The topological polar surface area (TPSA) is 58.1 Å². The van der Waals surface area contributed by atoms with Gasteiger partial charge in [-0.1, -0.05) is 30.1 Å². The maximum Gasteiger partial charge on any atom is 0.275 e. The lowest BCUT2D eigenvalue weighted by Gasteiger charge is -2.35. The lowest BCUT2D eigenvalue weighted by molar-refractivity contribution is 0.102. The van der Waals surface area contributed by atoms with Crippen LogP contribution >= 0.6 is 23.2 Å². The maximum absolute atomic E-state index is 12.3. The molecule has 1 aromatic heterocycles. The standard InChI is InChI=1S/C18H20Cl2N4O/c1-2-13-5-3-4-8-24(13)17-11-21-16(10-22-17)18(25)23-15-7-6-12(19)9-14(15)20/h6-7,9-11,13H,2-5,8H2,1H3,(H,23,25). The number of halogens is 2. The summed E-state index contributed by atoms with van der Waals surface area (Å²) in [4.78, 5) is 23.4. The highest BCUT2D eigenvalue weighted by Gasteiger charge is 2.22. The third kappa shape index (κ3) is 4.22. The molecule has 1 N–H and O–H groups in total. The average Bonchev–Trinajstić information content (AvgIpc) is 2.64. The molecule has 132 valence electrons. The minimum absolute atomic E-state index is 0.250. The molecule has 1 aliphatic rings. The number of amides is 1. The van der Waals surface area contributed by atoms with E-state index in [9.17, 15) is 4.79 Å². The van der Waals surface area contributed by atoms with Crippen molar-refractivity contribution in [3.05, 3.63) is 46.3 Å². The molecule has 3 rings (SSSR count). The second-order valence-electron chi connectivity index (χ2n) is 6.09. The molecule has 1 amide bonds. The van der Waals surface area contributed by atoms with Crippen molar-refractivity contribution in [3.63, 3.8) is 0 Å². The first-order chi connectivity index (χ1) is 12.1. The van der Waals surface area contributed by atoms with Gasteiger partial charge in [-0.15, -0.1) is 0 Å². The van der Waals surface area contributed by atoms with Gasteiger partial charge in [0.25, 0.3) is 5.91 Å². The molecule has 2 aromatic rings. The molecule has 1 fully saturated rings. The number of nitrogens with zero attached hydrogens (tertiary/aromatic N) is 3. The first kappa shape index (κ1) is 18.0. The average molecular weight is 379 g/mol. The Morgan fingerprint density at radius 2 is 2.12 bits per heavy atom. The van der Waals surface area contributed by atoms with E-state index in [1.807, 2.05) is 0 Å². The van der Waals surface area contributed by atoms with Crippen LogP contribution in [0.5, 0.6) is 0 Å². The van der Waals surface area contributed by atoms with Crippen LogP contribution in [-0.4, -0.2) is 28.5 Å². The van der Waals surface area contributed by atoms with Gasteiger partial charge < -0.3 is 10.2 Å². The van der Waals surface area contributed by atoms with Crippen LogP contribution in [0, 0.1) is 0 Å². The molecule has 1 atom stereocenters. The first-order valence-electron chi connectivity index (χ1n) is 8.43. The van der Waals surface area contributed by atoms with Crippen LogP contribution in [0.3, 0.4) is 0 Å². The van der Waals surface area contributed by atoms with E-state index in [4.69, 9.17) is 23.2 Å².